The number of carbonyl (C=O) groups is 1. The van der Waals surface area contributed by atoms with Gasteiger partial charge in [-0.25, -0.2) is 9.78 Å². The molecule has 0 radical (unpaired) electrons. The number of rotatable bonds is 7. The van der Waals surface area contributed by atoms with E-state index in [0.29, 0.717) is 16.4 Å². The van der Waals surface area contributed by atoms with Crippen LogP contribution in [0, 0.1) is 6.92 Å². The van der Waals surface area contributed by atoms with Crippen molar-refractivity contribution in [3.8, 4) is 0 Å². The zero-order valence-corrected chi connectivity index (χ0v) is 12.8. The van der Waals surface area contributed by atoms with E-state index in [9.17, 15) is 4.79 Å². The third kappa shape index (κ3) is 5.70. The second-order valence-corrected chi connectivity index (χ2v) is 5.40. The molecule has 0 spiro atoms. The Morgan fingerprint density at radius 1 is 1.65 bits per heavy atom. The summed E-state index contributed by atoms with van der Waals surface area (Å²) in [6.07, 6.45) is 4.47. The molecule has 110 valence electrons. The number of carbonyl (C=O) groups excluding carboxylic acids is 1. The highest BCUT2D eigenvalue weighted by Gasteiger charge is 2.07. The Morgan fingerprint density at radius 2 is 2.40 bits per heavy atom. The molecule has 1 aromatic rings. The smallest absolute Gasteiger partial charge is 0.319 e. The molecule has 1 rings (SSSR count). The quantitative estimate of drug-likeness (QED) is 0.149. The summed E-state index contributed by atoms with van der Waals surface area (Å²) in [5.74, 6) is 6.06. The Balaban J connectivity index is 2.19. The van der Waals surface area contributed by atoms with Gasteiger partial charge in [-0.1, -0.05) is 18.8 Å². The molecule has 1 aromatic heterocycles. The van der Waals surface area contributed by atoms with Crippen LogP contribution < -0.4 is 21.3 Å². The lowest BCUT2D eigenvalue weighted by atomic mass is 10.4. The van der Waals surface area contributed by atoms with Gasteiger partial charge in [0.25, 0.3) is 0 Å². The Hall–Kier alpha value is -1.42. The lowest BCUT2D eigenvalue weighted by molar-refractivity contribution is 0.243. The summed E-state index contributed by atoms with van der Waals surface area (Å²) in [7, 11) is 0. The van der Waals surface area contributed by atoms with E-state index >= 15 is 0 Å². The highest BCUT2D eigenvalue weighted by Crippen LogP contribution is 2.03. The number of hydrogen-bond acceptors (Lipinski definition) is 6. The molecule has 0 aliphatic carbocycles. The molecule has 5 N–H and O–H groups in total. The van der Waals surface area contributed by atoms with Crippen LogP contribution in [0.15, 0.2) is 24.7 Å². The minimum Gasteiger partial charge on any atom is -0.338 e. The molecule has 0 aliphatic rings. The Bertz CT molecular complexity index is 487. The molecular formula is C11H18N6OS2. The molecule has 7 nitrogen and oxygen atoms in total. The average molecular weight is 314 g/mol. The predicted octanol–water partition coefficient (Wildman–Crippen LogP) is 0.833. The maximum absolute atomic E-state index is 11.6. The van der Waals surface area contributed by atoms with E-state index in [1.807, 2.05) is 17.7 Å². The van der Waals surface area contributed by atoms with Gasteiger partial charge in [-0.2, -0.15) is 4.83 Å². The largest absolute Gasteiger partial charge is 0.338 e. The Kier molecular flexibility index (Phi) is 7.23. The molecule has 0 aliphatic heterocycles. The van der Waals surface area contributed by atoms with Gasteiger partial charge in [-0.15, -0.1) is 0 Å². The summed E-state index contributed by atoms with van der Waals surface area (Å²) in [5.41, 5.74) is 0.339. The van der Waals surface area contributed by atoms with Crippen molar-refractivity contribution in [2.45, 2.75) is 19.9 Å². The fraction of sp³-hybridized carbons (Fsp3) is 0.364. The van der Waals surface area contributed by atoms with Gasteiger partial charge >= 0.3 is 6.03 Å². The maximum Gasteiger partial charge on any atom is 0.319 e. The second-order valence-electron chi connectivity index (χ2n) is 3.89. The lowest BCUT2D eigenvalue weighted by Crippen LogP contribution is -2.37. The van der Waals surface area contributed by atoms with Crippen molar-refractivity contribution in [3.05, 3.63) is 30.5 Å². The number of hydrogen-bond donors (Lipinski definition) is 4. The molecule has 0 bridgehead atoms. The van der Waals surface area contributed by atoms with Crippen molar-refractivity contribution >= 4 is 34.4 Å². The van der Waals surface area contributed by atoms with Crippen molar-refractivity contribution in [2.24, 2.45) is 5.84 Å². The maximum atomic E-state index is 11.6. The Labute approximate surface area is 127 Å². The van der Waals surface area contributed by atoms with E-state index in [1.165, 1.54) is 0 Å². The number of imidazole rings is 1. The standard InChI is InChI=1S/C11H18N6OS2/c1-8(10(19)20-16-12)15-11(18)14-4-3-6-17-7-5-13-9(17)2/h5,7,16H,1,3-4,6,12H2,2H3,(H2,14,15,18). The van der Waals surface area contributed by atoms with Gasteiger partial charge in [0.2, 0.25) is 0 Å². The lowest BCUT2D eigenvalue weighted by Gasteiger charge is -2.10. The predicted molar refractivity (Wildman–Crippen MR) is 84.8 cm³/mol. The fourth-order valence-corrected chi connectivity index (χ4v) is 1.92. The van der Waals surface area contributed by atoms with Crippen LogP contribution in [0.5, 0.6) is 0 Å². The second kappa shape index (κ2) is 8.69. The molecule has 0 unspecified atom stereocenters. The number of hydrazine groups is 1. The van der Waals surface area contributed by atoms with Gasteiger partial charge < -0.3 is 15.2 Å². The summed E-state index contributed by atoms with van der Waals surface area (Å²) in [4.78, 5) is 18.0. The number of nitrogens with zero attached hydrogens (tertiary/aromatic N) is 2. The summed E-state index contributed by atoms with van der Waals surface area (Å²) in [6.45, 7) is 6.94. The number of urea groups is 1. The van der Waals surface area contributed by atoms with Gasteiger partial charge in [-0.3, -0.25) is 5.84 Å². The molecule has 9 heteroatoms. The first kappa shape index (κ1) is 16.6. The van der Waals surface area contributed by atoms with Gasteiger partial charge in [0.1, 0.15) is 10.0 Å². The van der Waals surface area contributed by atoms with E-state index < -0.39 is 0 Å². The summed E-state index contributed by atoms with van der Waals surface area (Å²) in [5, 5.41) is 5.28. The van der Waals surface area contributed by atoms with Crippen molar-refractivity contribution in [1.82, 2.24) is 25.0 Å². The van der Waals surface area contributed by atoms with Crippen LogP contribution in [0.2, 0.25) is 0 Å². The van der Waals surface area contributed by atoms with Crippen molar-refractivity contribution < 1.29 is 4.79 Å². The highest BCUT2D eigenvalue weighted by molar-refractivity contribution is 8.22. The molecule has 0 fully saturated rings. The van der Waals surface area contributed by atoms with Crippen LogP contribution in [-0.2, 0) is 6.54 Å². The SMILES string of the molecule is C=C(NC(=O)NCCCn1ccnc1C)C(=S)SNN. The van der Waals surface area contributed by atoms with Gasteiger partial charge in [0.05, 0.1) is 5.70 Å². The molecule has 20 heavy (non-hydrogen) atoms. The van der Waals surface area contributed by atoms with Gasteiger partial charge in [0, 0.05) is 25.5 Å². The zero-order chi connectivity index (χ0) is 15.0. The van der Waals surface area contributed by atoms with Crippen molar-refractivity contribution in [3.63, 3.8) is 0 Å². The minimum atomic E-state index is -0.336. The first-order valence-corrected chi connectivity index (χ1v) is 7.15. The summed E-state index contributed by atoms with van der Waals surface area (Å²) in [6, 6.07) is -0.336. The van der Waals surface area contributed by atoms with Crippen LogP contribution >= 0.6 is 24.2 Å². The molecule has 0 aromatic carbocycles. The molecule has 0 atom stereocenters. The third-order valence-corrected chi connectivity index (χ3v) is 3.49. The van der Waals surface area contributed by atoms with Crippen LogP contribution in [0.3, 0.4) is 0 Å². The van der Waals surface area contributed by atoms with E-state index in [4.69, 9.17) is 18.1 Å². The van der Waals surface area contributed by atoms with Crippen LogP contribution in [0.4, 0.5) is 4.79 Å². The number of amides is 2. The first-order chi connectivity index (χ1) is 9.54. The van der Waals surface area contributed by atoms with Crippen LogP contribution in [0.1, 0.15) is 12.2 Å². The molecule has 0 saturated heterocycles. The first-order valence-electron chi connectivity index (χ1n) is 5.93. The number of nitrogens with one attached hydrogen (secondary N) is 3. The number of nitrogens with two attached hydrogens (primary N) is 1. The number of aryl methyl sites for hydroxylation is 2. The normalized spacial score (nSPS) is 10.1. The van der Waals surface area contributed by atoms with Gasteiger partial charge in [-0.05, 0) is 25.3 Å². The van der Waals surface area contributed by atoms with E-state index in [0.717, 1.165) is 30.7 Å². The number of aromatic nitrogens is 2. The van der Waals surface area contributed by atoms with Gasteiger partial charge in [0.15, 0.2) is 0 Å². The minimum absolute atomic E-state index is 0.336. The Morgan fingerprint density at radius 3 is 3.00 bits per heavy atom. The summed E-state index contributed by atoms with van der Waals surface area (Å²) >= 11 is 5.98. The summed E-state index contributed by atoms with van der Waals surface area (Å²) < 4.78 is 2.41. The third-order valence-electron chi connectivity index (χ3n) is 2.45. The topological polar surface area (TPSA) is 97.0 Å². The van der Waals surface area contributed by atoms with Crippen molar-refractivity contribution in [1.29, 1.82) is 0 Å². The van der Waals surface area contributed by atoms with Crippen molar-refractivity contribution in [2.75, 3.05) is 6.54 Å². The van der Waals surface area contributed by atoms with E-state index in [1.54, 1.807) is 6.20 Å². The molecular weight excluding hydrogens is 296 g/mol. The molecule has 1 heterocycles. The molecule has 0 saturated carbocycles. The van der Waals surface area contributed by atoms with Crippen LogP contribution in [-0.4, -0.2) is 26.3 Å². The van der Waals surface area contributed by atoms with E-state index in [2.05, 4.69) is 27.0 Å². The molecule has 2 amide bonds. The average Bonchev–Trinajstić information content (AvgIpc) is 2.80. The number of thiocarbonyl (C=S) groups is 1. The fourth-order valence-electron chi connectivity index (χ4n) is 1.44. The highest BCUT2D eigenvalue weighted by atomic mass is 32.2. The van der Waals surface area contributed by atoms with Crippen LogP contribution in [0.25, 0.3) is 0 Å². The monoisotopic (exact) mass is 314 g/mol. The zero-order valence-electron chi connectivity index (χ0n) is 11.2. The van der Waals surface area contributed by atoms with E-state index in [-0.39, 0.29) is 6.03 Å².